The molecule has 2 aromatic heterocycles. The van der Waals surface area contributed by atoms with Crippen molar-refractivity contribution >= 4 is 11.0 Å². The first-order chi connectivity index (χ1) is 36.3. The van der Waals surface area contributed by atoms with E-state index in [2.05, 4.69) is 98.7 Å². The van der Waals surface area contributed by atoms with Gasteiger partial charge in [-0.15, -0.1) is 29.3 Å². The molecular weight excluding hydrogens is 1050 g/mol. The molecule has 1 N–H and O–H groups in total. The Bertz CT molecular complexity index is 3490. The summed E-state index contributed by atoms with van der Waals surface area (Å²) in [4.78, 5) is 10.3. The maximum atomic E-state index is 12.5. The minimum Gasteiger partial charge on any atom is -0.507 e. The van der Waals surface area contributed by atoms with Gasteiger partial charge < -0.3 is 5.11 Å². The minimum atomic E-state index is -2.63. The number of aromatic nitrogens is 3. The smallest absolute Gasteiger partial charge is 0.148 e. The van der Waals surface area contributed by atoms with Crippen LogP contribution in [-0.4, -0.2) is 19.6 Å². The molecule has 71 heavy (non-hydrogen) atoms. The SMILES string of the molecule is [2H]C([2H])([2H])c1ccc(-c2ccnc(-c3[c-]c(-c4cccc5c4nc(-c4cc(C([2H])(C)C)cc(C([2H])(C)C)c4O)n5-c4ccc(-c5c(C(C)(CC)CC)cccc5C(C)(CC)CC)cc4C([2H])([2H])[2H])cc(C(C)(C)C)c3)c2)cc1.[Pt]. The predicted molar refractivity (Wildman–Crippen MR) is 299 cm³/mol. The third-order valence-corrected chi connectivity index (χ3v) is 15.4. The molecule has 0 amide bonds. The monoisotopic (exact) mass is 1130 g/mol. The Labute approximate surface area is 451 Å². The van der Waals surface area contributed by atoms with E-state index in [1.165, 1.54) is 11.1 Å². The second kappa shape index (κ2) is 20.9. The molecule has 0 atom stereocenters. The molecule has 5 heteroatoms. The van der Waals surface area contributed by atoms with Crippen LogP contribution in [0.25, 0.3) is 72.7 Å². The van der Waals surface area contributed by atoms with E-state index in [-0.39, 0.29) is 65.6 Å². The summed E-state index contributed by atoms with van der Waals surface area (Å²) >= 11 is 0. The molecule has 8 rings (SSSR count). The van der Waals surface area contributed by atoms with Crippen LogP contribution in [0.4, 0.5) is 0 Å². The fourth-order valence-electron chi connectivity index (χ4n) is 9.94. The number of pyridine rings is 1. The molecule has 0 bridgehead atoms. The molecule has 0 fully saturated rings. The van der Waals surface area contributed by atoms with Gasteiger partial charge in [0.15, 0.2) is 0 Å². The Kier molecular flexibility index (Phi) is 12.7. The normalized spacial score (nSPS) is 14.6. The third kappa shape index (κ3) is 10.1. The summed E-state index contributed by atoms with van der Waals surface area (Å²) in [6, 6.07) is 40.3. The summed E-state index contributed by atoms with van der Waals surface area (Å²) in [7, 11) is 0. The van der Waals surface area contributed by atoms with Crippen molar-refractivity contribution in [2.45, 2.75) is 157 Å². The van der Waals surface area contributed by atoms with Gasteiger partial charge in [0.2, 0.25) is 0 Å². The molecule has 4 nitrogen and oxygen atoms in total. The van der Waals surface area contributed by atoms with Crippen molar-refractivity contribution in [3.05, 3.63) is 166 Å². The van der Waals surface area contributed by atoms with Crippen molar-refractivity contribution in [2.75, 3.05) is 0 Å². The number of aromatic hydroxyl groups is 1. The molecular formula is C66H76N3OPt-. The van der Waals surface area contributed by atoms with Crippen LogP contribution < -0.4 is 0 Å². The van der Waals surface area contributed by atoms with E-state index in [0.29, 0.717) is 44.7 Å². The van der Waals surface area contributed by atoms with Crippen molar-refractivity contribution < 1.29 is 37.1 Å². The van der Waals surface area contributed by atoms with E-state index in [0.717, 1.165) is 59.1 Å². The number of fused-ring (bicyclic) bond motifs is 1. The Morgan fingerprint density at radius 2 is 1.30 bits per heavy atom. The molecule has 0 aliphatic carbocycles. The largest absolute Gasteiger partial charge is 0.507 e. The van der Waals surface area contributed by atoms with Crippen LogP contribution in [0, 0.1) is 19.8 Å². The first kappa shape index (κ1) is 43.0. The summed E-state index contributed by atoms with van der Waals surface area (Å²) in [5.41, 5.74) is 12.0. The first-order valence-corrected chi connectivity index (χ1v) is 25.1. The molecule has 0 saturated carbocycles. The van der Waals surface area contributed by atoms with Crippen LogP contribution in [-0.2, 0) is 37.3 Å². The first-order valence-electron chi connectivity index (χ1n) is 29.1. The molecule has 8 aromatic rings. The molecule has 0 aliphatic rings. The van der Waals surface area contributed by atoms with Gasteiger partial charge in [-0.2, -0.15) is 0 Å². The molecule has 372 valence electrons. The van der Waals surface area contributed by atoms with Crippen LogP contribution in [0.15, 0.2) is 121 Å². The summed E-state index contributed by atoms with van der Waals surface area (Å²) in [6.45, 7) is 22.0. The minimum absolute atomic E-state index is 0. The van der Waals surface area contributed by atoms with Gasteiger partial charge in [0.1, 0.15) is 11.6 Å². The number of para-hydroxylation sites is 1. The fourth-order valence-corrected chi connectivity index (χ4v) is 9.94. The van der Waals surface area contributed by atoms with E-state index in [1.807, 2.05) is 65.2 Å². The summed E-state index contributed by atoms with van der Waals surface area (Å²) in [5.74, 6) is -2.36. The van der Waals surface area contributed by atoms with Gasteiger partial charge in [0, 0.05) is 43.9 Å². The molecule has 0 unspecified atom stereocenters. The molecule has 0 aliphatic heterocycles. The quantitative estimate of drug-likeness (QED) is 0.110. The number of hydrogen-bond donors (Lipinski definition) is 1. The molecule has 0 saturated heterocycles. The third-order valence-electron chi connectivity index (χ3n) is 15.4. The Balaban J connectivity index is 0.00000903. The van der Waals surface area contributed by atoms with Crippen molar-refractivity contribution in [1.29, 1.82) is 0 Å². The van der Waals surface area contributed by atoms with Crippen molar-refractivity contribution in [2.24, 2.45) is 0 Å². The van der Waals surface area contributed by atoms with Gasteiger partial charge in [0.05, 0.1) is 22.3 Å². The van der Waals surface area contributed by atoms with Crippen LogP contribution in [0.1, 0.15) is 177 Å². The van der Waals surface area contributed by atoms with Crippen LogP contribution >= 0.6 is 0 Å². The predicted octanol–water partition coefficient (Wildman–Crippen LogP) is 18.6. The zero-order valence-corrected chi connectivity index (χ0v) is 46.3. The van der Waals surface area contributed by atoms with Gasteiger partial charge >= 0.3 is 0 Å². The molecule has 6 aromatic carbocycles. The van der Waals surface area contributed by atoms with E-state index >= 15 is 0 Å². The van der Waals surface area contributed by atoms with Gasteiger partial charge in [-0.3, -0.25) is 9.55 Å². The number of phenolic OH excluding ortho intramolecular Hbond substituents is 1. The summed E-state index contributed by atoms with van der Waals surface area (Å²) in [5, 5.41) is 12.5. The number of aryl methyl sites for hydroxylation is 2. The number of nitrogens with zero attached hydrogens (tertiary/aromatic N) is 3. The maximum Gasteiger partial charge on any atom is 0.148 e. The van der Waals surface area contributed by atoms with Gasteiger partial charge in [-0.05, 0) is 148 Å². The zero-order valence-electron chi connectivity index (χ0n) is 52.0. The average Bonchev–Trinajstić information content (AvgIpc) is 4.07. The number of benzene rings is 6. The van der Waals surface area contributed by atoms with E-state index in [4.69, 9.17) is 14.1 Å². The second-order valence-electron chi connectivity index (χ2n) is 21.3. The summed E-state index contributed by atoms with van der Waals surface area (Å²) < 4.78 is 72.1. The van der Waals surface area contributed by atoms with Gasteiger partial charge in [-0.25, -0.2) is 4.98 Å². The van der Waals surface area contributed by atoms with E-state index in [1.54, 1.807) is 58.2 Å². The average molecular weight is 1130 g/mol. The van der Waals surface area contributed by atoms with Crippen molar-refractivity contribution in [1.82, 2.24) is 14.5 Å². The maximum absolute atomic E-state index is 12.5. The molecule has 0 spiro atoms. The number of hydrogen-bond acceptors (Lipinski definition) is 3. The van der Waals surface area contributed by atoms with Crippen molar-refractivity contribution in [3.63, 3.8) is 0 Å². The fraction of sp³-hybridized carbons (Fsp3) is 0.364. The molecule has 0 radical (unpaired) electrons. The Hall–Kier alpha value is -5.57. The number of phenols is 1. The van der Waals surface area contributed by atoms with Gasteiger partial charge in [0.25, 0.3) is 0 Å². The number of imidazole rings is 1. The Morgan fingerprint density at radius 1 is 0.662 bits per heavy atom. The standard InChI is InChI=1S/C66H76N3O.Pt/c1-16-65(14,17-2)55-23-21-24-56(66(15,18-3)19-4)60(55)47-30-31-58(44(10)34-47)69-59-25-20-22-52(61(59)68-63(69)54-39-48(41(5)6)38-53(42(7)8)62(54)70)49-35-50(37-51(36-49)64(11,12)13)57-40-46(32-33-67-57)45-28-26-43(9)27-29-45;/h20-34,36-42,70H,16-19H2,1-15H3;/q-1;/i9D3,10D3,41D,42D;. The summed E-state index contributed by atoms with van der Waals surface area (Å²) in [6.07, 6.45) is 5.32. The topological polar surface area (TPSA) is 50.9 Å². The van der Waals surface area contributed by atoms with Crippen LogP contribution in [0.3, 0.4) is 0 Å². The molecule has 2 heterocycles. The zero-order chi connectivity index (χ0) is 57.3. The van der Waals surface area contributed by atoms with Crippen LogP contribution in [0.2, 0.25) is 0 Å². The van der Waals surface area contributed by atoms with Gasteiger partial charge in [-0.1, -0.05) is 179 Å². The van der Waals surface area contributed by atoms with E-state index < -0.39 is 25.5 Å². The van der Waals surface area contributed by atoms with Crippen molar-refractivity contribution in [3.8, 4) is 67.5 Å². The van der Waals surface area contributed by atoms with Crippen LogP contribution in [0.5, 0.6) is 5.75 Å². The Morgan fingerprint density at radius 3 is 1.89 bits per heavy atom. The second-order valence-corrected chi connectivity index (χ2v) is 21.3. The van der Waals surface area contributed by atoms with E-state index in [9.17, 15) is 12.0 Å². The number of rotatable bonds is 14.